The van der Waals surface area contributed by atoms with Crippen molar-refractivity contribution in [2.75, 3.05) is 7.05 Å². The first kappa shape index (κ1) is 16.6. The number of rotatable bonds is 3. The Morgan fingerprint density at radius 2 is 2.10 bits per heavy atom. The monoisotopic (exact) mass is 328 g/mol. The molecule has 2 rings (SSSR count). The second kappa shape index (κ2) is 6.99. The lowest BCUT2D eigenvalue weighted by Gasteiger charge is -2.33. The summed E-state index contributed by atoms with van der Waals surface area (Å²) in [5.41, 5.74) is 6.90. The van der Waals surface area contributed by atoms with Crippen molar-refractivity contribution in [1.29, 1.82) is 0 Å². The van der Waals surface area contributed by atoms with Gasteiger partial charge in [0.15, 0.2) is 0 Å². The van der Waals surface area contributed by atoms with Crippen LogP contribution in [0.15, 0.2) is 18.2 Å². The molecule has 3 nitrogen and oxygen atoms in total. The summed E-state index contributed by atoms with van der Waals surface area (Å²) in [7, 11) is 1.83. The molecule has 21 heavy (non-hydrogen) atoms. The molecule has 1 aromatic carbocycles. The van der Waals surface area contributed by atoms with Gasteiger partial charge in [-0.3, -0.25) is 4.79 Å². The molecule has 5 heteroatoms. The number of hydrogen-bond acceptors (Lipinski definition) is 2. The van der Waals surface area contributed by atoms with E-state index in [1.165, 1.54) is 0 Å². The van der Waals surface area contributed by atoms with Crippen molar-refractivity contribution in [3.05, 3.63) is 33.8 Å². The van der Waals surface area contributed by atoms with Crippen molar-refractivity contribution in [1.82, 2.24) is 4.90 Å². The Morgan fingerprint density at radius 3 is 2.71 bits per heavy atom. The molecule has 3 atom stereocenters. The van der Waals surface area contributed by atoms with Crippen molar-refractivity contribution < 1.29 is 4.79 Å². The van der Waals surface area contributed by atoms with Gasteiger partial charge >= 0.3 is 0 Å². The summed E-state index contributed by atoms with van der Waals surface area (Å²) in [4.78, 5) is 14.4. The Morgan fingerprint density at radius 1 is 1.38 bits per heavy atom. The molecule has 0 heterocycles. The summed E-state index contributed by atoms with van der Waals surface area (Å²) in [5, 5.41) is 1.19. The Labute approximate surface area is 136 Å². The molecule has 0 aliphatic heterocycles. The van der Waals surface area contributed by atoms with E-state index < -0.39 is 0 Å². The normalized spacial score (nSPS) is 23.7. The van der Waals surface area contributed by atoms with E-state index in [9.17, 15) is 4.79 Å². The Hall–Kier alpha value is -0.770. The molecule has 1 aliphatic rings. The van der Waals surface area contributed by atoms with E-state index >= 15 is 0 Å². The first-order valence-corrected chi connectivity index (χ1v) is 8.13. The van der Waals surface area contributed by atoms with E-state index in [1.54, 1.807) is 17.0 Å². The predicted molar refractivity (Wildman–Crippen MR) is 87.6 cm³/mol. The number of carbonyl (C=O) groups is 1. The molecule has 0 radical (unpaired) electrons. The number of halogens is 2. The molecular formula is C16H22Cl2N2O. The zero-order valence-electron chi connectivity index (χ0n) is 12.5. The second-order valence-corrected chi connectivity index (χ2v) is 6.76. The third kappa shape index (κ3) is 3.91. The molecule has 116 valence electrons. The zero-order chi connectivity index (χ0) is 15.6. The highest BCUT2D eigenvalue weighted by atomic mass is 35.5. The molecule has 1 aliphatic carbocycles. The first-order valence-electron chi connectivity index (χ1n) is 7.37. The van der Waals surface area contributed by atoms with Gasteiger partial charge in [-0.15, -0.1) is 0 Å². The fourth-order valence-corrected chi connectivity index (χ4v) is 3.55. The highest BCUT2D eigenvalue weighted by Crippen LogP contribution is 2.32. The Balaban J connectivity index is 2.10. The average molecular weight is 329 g/mol. The van der Waals surface area contributed by atoms with Crippen molar-refractivity contribution in [3.8, 4) is 0 Å². The minimum absolute atomic E-state index is 0.0345. The molecule has 2 N–H and O–H groups in total. The van der Waals surface area contributed by atoms with Crippen LogP contribution in [0.4, 0.5) is 0 Å². The van der Waals surface area contributed by atoms with Crippen LogP contribution in [-0.4, -0.2) is 23.9 Å². The lowest BCUT2D eigenvalue weighted by atomic mass is 9.85. The van der Waals surface area contributed by atoms with Gasteiger partial charge in [0.05, 0.1) is 6.04 Å². The van der Waals surface area contributed by atoms with E-state index in [1.807, 2.05) is 20.0 Å². The Bertz CT molecular complexity index is 521. The van der Waals surface area contributed by atoms with Crippen LogP contribution in [0.3, 0.4) is 0 Å². The molecule has 0 spiro atoms. The van der Waals surface area contributed by atoms with Crippen molar-refractivity contribution in [3.63, 3.8) is 0 Å². The quantitative estimate of drug-likeness (QED) is 0.910. The number of benzene rings is 1. The summed E-state index contributed by atoms with van der Waals surface area (Å²) < 4.78 is 0. The van der Waals surface area contributed by atoms with Crippen molar-refractivity contribution in [2.45, 2.75) is 44.7 Å². The van der Waals surface area contributed by atoms with Crippen LogP contribution >= 0.6 is 23.2 Å². The van der Waals surface area contributed by atoms with Gasteiger partial charge in [0.25, 0.3) is 0 Å². The van der Waals surface area contributed by atoms with Gasteiger partial charge in [-0.2, -0.15) is 0 Å². The fraction of sp³-hybridized carbons (Fsp3) is 0.562. The summed E-state index contributed by atoms with van der Waals surface area (Å²) in [6, 6.07) is 5.46. The lowest BCUT2D eigenvalue weighted by Crippen LogP contribution is -2.39. The molecule has 1 amide bonds. The fourth-order valence-electron chi connectivity index (χ4n) is 2.98. The van der Waals surface area contributed by atoms with E-state index in [-0.39, 0.29) is 23.9 Å². The van der Waals surface area contributed by atoms with E-state index in [0.29, 0.717) is 10.0 Å². The van der Waals surface area contributed by atoms with Gasteiger partial charge in [0.1, 0.15) is 0 Å². The summed E-state index contributed by atoms with van der Waals surface area (Å²) in [5.74, 6) is 0.191. The maximum Gasteiger partial charge on any atom is 0.225 e. The minimum Gasteiger partial charge on any atom is -0.339 e. The number of carbonyl (C=O) groups excluding carboxylic acids is 1. The van der Waals surface area contributed by atoms with E-state index in [0.717, 1.165) is 31.2 Å². The number of hydrogen-bond donors (Lipinski definition) is 1. The number of nitrogens with two attached hydrogens (primary N) is 1. The molecule has 1 fully saturated rings. The standard InChI is InChI=1S/C16H22Cl2N2O/c1-10(14-7-6-12(17)9-15(14)18)20(2)16(21)11-4-3-5-13(19)8-11/h6-7,9-11,13H,3-5,8,19H2,1-2H3. The van der Waals surface area contributed by atoms with Gasteiger partial charge in [0, 0.05) is 29.1 Å². The average Bonchev–Trinajstić information content (AvgIpc) is 2.45. The van der Waals surface area contributed by atoms with Gasteiger partial charge in [-0.25, -0.2) is 0 Å². The maximum atomic E-state index is 12.6. The molecule has 0 saturated heterocycles. The van der Waals surface area contributed by atoms with Gasteiger partial charge < -0.3 is 10.6 Å². The molecule has 1 saturated carbocycles. The Kier molecular flexibility index (Phi) is 5.53. The summed E-state index contributed by atoms with van der Waals surface area (Å²) in [6.45, 7) is 1.98. The van der Waals surface area contributed by atoms with Gasteiger partial charge in [0.2, 0.25) is 5.91 Å². The third-order valence-corrected chi connectivity index (χ3v) is 4.97. The van der Waals surface area contributed by atoms with Crippen LogP contribution in [0.1, 0.15) is 44.2 Å². The minimum atomic E-state index is -0.0829. The van der Waals surface area contributed by atoms with Gasteiger partial charge in [-0.1, -0.05) is 35.7 Å². The zero-order valence-corrected chi connectivity index (χ0v) is 14.0. The molecule has 3 unspecified atom stereocenters. The molecular weight excluding hydrogens is 307 g/mol. The summed E-state index contributed by atoms with van der Waals surface area (Å²) in [6.07, 6.45) is 3.76. The number of amides is 1. The lowest BCUT2D eigenvalue weighted by molar-refractivity contribution is -0.137. The second-order valence-electron chi connectivity index (χ2n) is 5.91. The van der Waals surface area contributed by atoms with Crippen molar-refractivity contribution in [2.24, 2.45) is 11.7 Å². The van der Waals surface area contributed by atoms with E-state index in [4.69, 9.17) is 28.9 Å². The topological polar surface area (TPSA) is 46.3 Å². The largest absolute Gasteiger partial charge is 0.339 e. The first-order chi connectivity index (χ1) is 9.90. The molecule has 1 aromatic rings. The maximum absolute atomic E-state index is 12.6. The van der Waals surface area contributed by atoms with Crippen LogP contribution in [0.25, 0.3) is 0 Å². The predicted octanol–water partition coefficient (Wildman–Crippen LogP) is 4.03. The van der Waals surface area contributed by atoms with E-state index in [2.05, 4.69) is 0 Å². The van der Waals surface area contributed by atoms with Crippen LogP contribution < -0.4 is 5.73 Å². The van der Waals surface area contributed by atoms with Crippen LogP contribution in [0, 0.1) is 5.92 Å². The van der Waals surface area contributed by atoms with Crippen LogP contribution in [0.2, 0.25) is 10.0 Å². The SMILES string of the molecule is CC(c1ccc(Cl)cc1Cl)N(C)C(=O)C1CCCC(N)C1. The van der Waals surface area contributed by atoms with Crippen LogP contribution in [-0.2, 0) is 4.79 Å². The highest BCUT2D eigenvalue weighted by Gasteiger charge is 2.30. The highest BCUT2D eigenvalue weighted by molar-refractivity contribution is 6.35. The smallest absolute Gasteiger partial charge is 0.225 e. The van der Waals surface area contributed by atoms with Crippen molar-refractivity contribution >= 4 is 29.1 Å². The molecule has 0 bridgehead atoms. The summed E-state index contributed by atoms with van der Waals surface area (Å²) >= 11 is 12.2. The number of nitrogens with zero attached hydrogens (tertiary/aromatic N) is 1. The third-order valence-electron chi connectivity index (χ3n) is 4.41. The van der Waals surface area contributed by atoms with Crippen LogP contribution in [0.5, 0.6) is 0 Å². The van der Waals surface area contributed by atoms with Gasteiger partial charge in [-0.05, 0) is 43.9 Å². The molecule has 0 aromatic heterocycles.